The molecule has 1 saturated carbocycles. The van der Waals surface area contributed by atoms with Gasteiger partial charge in [-0.1, -0.05) is 43.3 Å². The van der Waals surface area contributed by atoms with Crippen molar-refractivity contribution in [2.75, 3.05) is 0 Å². The number of allylic oxidation sites excluding steroid dienone is 1. The summed E-state index contributed by atoms with van der Waals surface area (Å²) in [6.07, 6.45) is 7.46. The zero-order valence-corrected chi connectivity index (χ0v) is 17.2. The second-order valence-electron chi connectivity index (χ2n) is 7.98. The third kappa shape index (κ3) is 3.75. The summed E-state index contributed by atoms with van der Waals surface area (Å²) in [5.74, 6) is 0.284. The van der Waals surface area contributed by atoms with Gasteiger partial charge in [-0.25, -0.2) is 9.38 Å². The highest BCUT2D eigenvalue weighted by molar-refractivity contribution is 6.04. The van der Waals surface area contributed by atoms with Crippen molar-refractivity contribution in [1.82, 2.24) is 4.90 Å². The summed E-state index contributed by atoms with van der Waals surface area (Å²) < 4.78 is 15.1. The fourth-order valence-corrected chi connectivity index (χ4v) is 3.93. The molecule has 4 N–H and O–H groups in total. The van der Waals surface area contributed by atoms with Crippen LogP contribution in [0.1, 0.15) is 41.5 Å². The number of nitrogens with zero attached hydrogens (tertiary/aromatic N) is 2. The molecule has 0 saturated heterocycles. The standard InChI is InChI=1S/C25H27FN4/c1-16-6-3-4-7-20(16)14-18-10-11-21(22(26)15-18)23(27)24-25(28)29-12-13-30(24)17(2)19-8-5-9-19/h3-4,6-7,10-13,15,19H,2,5,8-9,14,27H2,1H3,(H2,28,29)/b24-23-. The lowest BCUT2D eigenvalue weighted by atomic mass is 9.82. The van der Waals surface area contributed by atoms with Gasteiger partial charge in [-0.05, 0) is 60.9 Å². The number of rotatable bonds is 5. The van der Waals surface area contributed by atoms with Crippen molar-refractivity contribution in [3.8, 4) is 0 Å². The van der Waals surface area contributed by atoms with Gasteiger partial charge in [0.1, 0.15) is 17.3 Å². The molecular weight excluding hydrogens is 375 g/mol. The van der Waals surface area contributed by atoms with E-state index in [1.165, 1.54) is 17.5 Å². The summed E-state index contributed by atoms with van der Waals surface area (Å²) in [6.45, 7) is 6.29. The Hall–Kier alpha value is -3.34. The van der Waals surface area contributed by atoms with E-state index in [1.807, 2.05) is 23.1 Å². The van der Waals surface area contributed by atoms with Crippen LogP contribution in [0, 0.1) is 18.7 Å². The molecule has 4 rings (SSSR count). The van der Waals surface area contributed by atoms with Gasteiger partial charge >= 0.3 is 0 Å². The molecule has 0 unspecified atom stereocenters. The highest BCUT2D eigenvalue weighted by atomic mass is 19.1. The Balaban J connectivity index is 1.66. The molecule has 154 valence electrons. The largest absolute Gasteiger partial charge is 0.396 e. The number of hydrogen-bond donors (Lipinski definition) is 2. The summed E-state index contributed by atoms with van der Waals surface area (Å²) in [7, 11) is 0. The summed E-state index contributed by atoms with van der Waals surface area (Å²) in [5, 5.41) is 0. The number of amidine groups is 1. The molecule has 4 nitrogen and oxygen atoms in total. The van der Waals surface area contributed by atoms with Crippen molar-refractivity contribution in [1.29, 1.82) is 0 Å². The molecule has 0 aromatic heterocycles. The van der Waals surface area contributed by atoms with E-state index in [0.29, 0.717) is 23.6 Å². The van der Waals surface area contributed by atoms with Crippen LogP contribution in [0.3, 0.4) is 0 Å². The average Bonchev–Trinajstić information content (AvgIpc) is 2.68. The van der Waals surface area contributed by atoms with Crippen LogP contribution in [0.15, 0.2) is 77.8 Å². The Kier molecular flexibility index (Phi) is 5.44. The van der Waals surface area contributed by atoms with E-state index in [4.69, 9.17) is 11.5 Å². The summed E-state index contributed by atoms with van der Waals surface area (Å²) in [5.41, 5.74) is 17.9. The number of aryl methyl sites for hydroxylation is 1. The quantitative estimate of drug-likeness (QED) is 0.754. The van der Waals surface area contributed by atoms with Gasteiger partial charge in [-0.3, -0.25) is 0 Å². The van der Waals surface area contributed by atoms with Crippen LogP contribution in [0.4, 0.5) is 4.39 Å². The van der Waals surface area contributed by atoms with E-state index in [0.717, 1.165) is 24.1 Å². The second-order valence-corrected chi connectivity index (χ2v) is 7.98. The Bertz CT molecular complexity index is 1080. The molecule has 0 radical (unpaired) electrons. The fraction of sp³-hybridized carbons (Fsp3) is 0.240. The van der Waals surface area contributed by atoms with Gasteiger partial charge < -0.3 is 16.4 Å². The van der Waals surface area contributed by atoms with E-state index < -0.39 is 0 Å². The predicted octanol–water partition coefficient (Wildman–Crippen LogP) is 4.81. The van der Waals surface area contributed by atoms with E-state index >= 15 is 4.39 Å². The summed E-state index contributed by atoms with van der Waals surface area (Å²) in [6, 6.07) is 13.3. The maximum atomic E-state index is 15.1. The molecule has 5 heteroatoms. The van der Waals surface area contributed by atoms with Crippen molar-refractivity contribution in [2.45, 2.75) is 32.6 Å². The van der Waals surface area contributed by atoms with E-state index in [2.05, 4.69) is 30.6 Å². The van der Waals surface area contributed by atoms with Gasteiger partial charge in [-0.15, -0.1) is 0 Å². The molecule has 0 amide bonds. The highest BCUT2D eigenvalue weighted by Crippen LogP contribution is 2.37. The number of nitrogens with two attached hydrogens (primary N) is 2. The van der Waals surface area contributed by atoms with Crippen molar-refractivity contribution < 1.29 is 4.39 Å². The average molecular weight is 403 g/mol. The van der Waals surface area contributed by atoms with Crippen LogP contribution in [-0.2, 0) is 6.42 Å². The van der Waals surface area contributed by atoms with Crippen molar-refractivity contribution in [3.63, 3.8) is 0 Å². The normalized spacial score (nSPS) is 18.1. The number of aliphatic imine (C=N–C) groups is 1. The summed E-state index contributed by atoms with van der Waals surface area (Å²) in [4.78, 5) is 6.04. The fourth-order valence-electron chi connectivity index (χ4n) is 3.93. The van der Waals surface area contributed by atoms with Crippen LogP contribution in [0.25, 0.3) is 5.70 Å². The third-order valence-electron chi connectivity index (χ3n) is 6.03. The number of hydrogen-bond acceptors (Lipinski definition) is 4. The van der Waals surface area contributed by atoms with E-state index in [1.54, 1.807) is 24.5 Å². The highest BCUT2D eigenvalue weighted by Gasteiger charge is 2.29. The first-order valence-electron chi connectivity index (χ1n) is 10.3. The van der Waals surface area contributed by atoms with Gasteiger partial charge in [0.15, 0.2) is 0 Å². The molecule has 2 aliphatic rings. The summed E-state index contributed by atoms with van der Waals surface area (Å²) >= 11 is 0. The van der Waals surface area contributed by atoms with Gasteiger partial charge in [0.2, 0.25) is 0 Å². The van der Waals surface area contributed by atoms with Gasteiger partial charge in [0.05, 0.1) is 5.70 Å². The van der Waals surface area contributed by atoms with E-state index in [9.17, 15) is 0 Å². The molecule has 1 aliphatic carbocycles. The SMILES string of the molecule is C=C(C1CCC1)N1C=CN=C(N)/C1=C(/N)c1ccc(Cc2ccccc2C)cc1F. The zero-order chi connectivity index (χ0) is 21.3. The maximum absolute atomic E-state index is 15.1. The number of halogens is 1. The topological polar surface area (TPSA) is 67.6 Å². The van der Waals surface area contributed by atoms with Gasteiger partial charge in [0, 0.05) is 23.7 Å². The minimum Gasteiger partial charge on any atom is -0.396 e. The Labute approximate surface area is 177 Å². The predicted molar refractivity (Wildman–Crippen MR) is 121 cm³/mol. The minimum absolute atomic E-state index is 0.263. The first kappa shape index (κ1) is 20.0. The third-order valence-corrected chi connectivity index (χ3v) is 6.03. The smallest absolute Gasteiger partial charge is 0.149 e. The molecule has 30 heavy (non-hydrogen) atoms. The van der Waals surface area contributed by atoms with Gasteiger partial charge in [0.25, 0.3) is 0 Å². The van der Waals surface area contributed by atoms with Crippen LogP contribution >= 0.6 is 0 Å². The Morgan fingerprint density at radius 1 is 1.23 bits per heavy atom. The molecule has 2 aromatic carbocycles. The minimum atomic E-state index is -0.373. The second kappa shape index (κ2) is 8.19. The van der Waals surface area contributed by atoms with Crippen LogP contribution in [-0.4, -0.2) is 10.7 Å². The molecular formula is C25H27FN4. The van der Waals surface area contributed by atoms with Crippen molar-refractivity contribution in [2.24, 2.45) is 22.4 Å². The molecule has 2 aromatic rings. The Morgan fingerprint density at radius 2 is 2.00 bits per heavy atom. The van der Waals surface area contributed by atoms with Crippen molar-refractivity contribution in [3.05, 3.63) is 101 Å². The first-order valence-corrected chi connectivity index (χ1v) is 10.3. The van der Waals surface area contributed by atoms with Crippen LogP contribution in [0.2, 0.25) is 0 Å². The molecule has 1 heterocycles. The van der Waals surface area contributed by atoms with Crippen molar-refractivity contribution >= 4 is 11.5 Å². The van der Waals surface area contributed by atoms with E-state index in [-0.39, 0.29) is 17.3 Å². The molecule has 0 bridgehead atoms. The molecule has 1 fully saturated rings. The molecule has 0 atom stereocenters. The maximum Gasteiger partial charge on any atom is 0.149 e. The number of benzene rings is 2. The first-order chi connectivity index (χ1) is 14.5. The lowest BCUT2D eigenvalue weighted by Crippen LogP contribution is -2.35. The molecule has 0 spiro atoms. The lowest BCUT2D eigenvalue weighted by Gasteiger charge is -2.36. The zero-order valence-electron chi connectivity index (χ0n) is 17.2. The van der Waals surface area contributed by atoms with Crippen LogP contribution in [0.5, 0.6) is 0 Å². The van der Waals surface area contributed by atoms with Gasteiger partial charge in [-0.2, -0.15) is 0 Å². The lowest BCUT2D eigenvalue weighted by molar-refractivity contribution is 0.317. The monoisotopic (exact) mass is 402 g/mol. The molecule has 1 aliphatic heterocycles. The Morgan fingerprint density at radius 3 is 2.67 bits per heavy atom. The van der Waals surface area contributed by atoms with Crippen LogP contribution < -0.4 is 11.5 Å².